The second kappa shape index (κ2) is 17.4. The van der Waals surface area contributed by atoms with Crippen LogP contribution in [0.3, 0.4) is 0 Å². The third kappa shape index (κ3) is 10.9. The topological polar surface area (TPSA) is 143 Å². The van der Waals surface area contributed by atoms with Crippen LogP contribution in [0.4, 0.5) is 4.79 Å². The molecule has 0 saturated heterocycles. The molecule has 1 aliphatic heterocycles. The first-order chi connectivity index (χ1) is 21.9. The Hall–Kier alpha value is -4.96. The number of alkyl carbamates (subject to hydrolysis) is 1. The highest BCUT2D eigenvalue weighted by Gasteiger charge is 2.29. The van der Waals surface area contributed by atoms with E-state index >= 15 is 0 Å². The molecular formula is C35H39N3O7. The quantitative estimate of drug-likeness (QED) is 0.201. The summed E-state index contributed by atoms with van der Waals surface area (Å²) in [7, 11) is 0. The second-order valence-electron chi connectivity index (χ2n) is 10.8. The summed E-state index contributed by atoms with van der Waals surface area (Å²) in [6.45, 7) is -0.242. The monoisotopic (exact) mass is 613 g/mol. The third-order valence-corrected chi connectivity index (χ3v) is 7.35. The van der Waals surface area contributed by atoms with Crippen LogP contribution in [0.2, 0.25) is 0 Å². The number of hydrogen-bond acceptors (Lipinski definition) is 7. The maximum Gasteiger partial charge on any atom is 0.408 e. The number of amides is 3. The first-order valence-corrected chi connectivity index (χ1v) is 15.0. The van der Waals surface area contributed by atoms with Gasteiger partial charge in [-0.05, 0) is 36.0 Å². The van der Waals surface area contributed by atoms with E-state index in [9.17, 15) is 24.3 Å². The van der Waals surface area contributed by atoms with Crippen molar-refractivity contribution in [1.82, 2.24) is 16.0 Å². The molecule has 1 heterocycles. The maximum atomic E-state index is 13.3. The van der Waals surface area contributed by atoms with E-state index in [1.54, 1.807) is 36.4 Å². The molecule has 3 aromatic rings. The number of aliphatic hydroxyl groups is 1. The zero-order valence-corrected chi connectivity index (χ0v) is 25.0. The van der Waals surface area contributed by atoms with Crippen LogP contribution in [0.25, 0.3) is 0 Å². The molecule has 45 heavy (non-hydrogen) atoms. The average molecular weight is 614 g/mol. The van der Waals surface area contributed by atoms with E-state index in [1.807, 2.05) is 66.7 Å². The van der Waals surface area contributed by atoms with Gasteiger partial charge in [0.05, 0.1) is 25.1 Å². The lowest BCUT2D eigenvalue weighted by Gasteiger charge is -2.25. The zero-order valence-electron chi connectivity index (χ0n) is 25.0. The van der Waals surface area contributed by atoms with Crippen molar-refractivity contribution < 1.29 is 33.8 Å². The summed E-state index contributed by atoms with van der Waals surface area (Å²) in [5.41, 5.74) is 2.43. The van der Waals surface area contributed by atoms with Crippen molar-refractivity contribution in [1.29, 1.82) is 0 Å². The molecule has 0 aliphatic carbocycles. The summed E-state index contributed by atoms with van der Waals surface area (Å²) in [6.07, 6.45) is 2.43. The Morgan fingerprint density at radius 3 is 2.18 bits per heavy atom. The van der Waals surface area contributed by atoms with Gasteiger partial charge in [0.2, 0.25) is 11.8 Å². The van der Waals surface area contributed by atoms with Gasteiger partial charge < -0.3 is 30.5 Å². The Morgan fingerprint density at radius 2 is 1.51 bits per heavy atom. The van der Waals surface area contributed by atoms with E-state index < -0.39 is 36.2 Å². The van der Waals surface area contributed by atoms with Crippen molar-refractivity contribution in [2.24, 2.45) is 5.92 Å². The van der Waals surface area contributed by atoms with Crippen molar-refractivity contribution >= 4 is 23.9 Å². The smallest absolute Gasteiger partial charge is 0.408 e. The minimum atomic E-state index is -1.05. The van der Waals surface area contributed by atoms with Crippen molar-refractivity contribution in [2.75, 3.05) is 13.2 Å². The average Bonchev–Trinajstić information content (AvgIpc) is 3.06. The molecule has 0 saturated carbocycles. The van der Waals surface area contributed by atoms with E-state index in [4.69, 9.17) is 9.47 Å². The molecule has 10 nitrogen and oxygen atoms in total. The van der Waals surface area contributed by atoms with Crippen LogP contribution in [-0.2, 0) is 36.9 Å². The minimum absolute atomic E-state index is 0.0329. The van der Waals surface area contributed by atoms with E-state index in [2.05, 4.69) is 16.0 Å². The van der Waals surface area contributed by atoms with Gasteiger partial charge in [-0.25, -0.2) is 9.59 Å². The standard InChI is InChI=1S/C35H39N3O7/c39-23-29(20-25-12-4-1-5-13-25)37-32(40)21-28-18-10-11-19-30(38-35(43)44-24-26-14-6-2-7-15-26)34(42)45-31(22-36-33(28)41)27-16-8-3-9-17-27/h1-17,28-31,39H,18-24H2,(H,36,41)(H,37,40)(H,38,43)/t28-,29-,30-,31-/m1/s1. The number of ether oxygens (including phenoxy) is 2. The lowest BCUT2D eigenvalue weighted by Crippen LogP contribution is -2.44. The first-order valence-electron chi connectivity index (χ1n) is 15.0. The fraction of sp³-hybridized carbons (Fsp3) is 0.314. The molecular weight excluding hydrogens is 574 g/mol. The summed E-state index contributed by atoms with van der Waals surface area (Å²) in [5.74, 6) is -2.12. The highest BCUT2D eigenvalue weighted by Crippen LogP contribution is 2.20. The normalized spacial score (nSPS) is 19.5. The molecule has 236 valence electrons. The van der Waals surface area contributed by atoms with Gasteiger partial charge in [0.25, 0.3) is 0 Å². The molecule has 4 rings (SSSR count). The van der Waals surface area contributed by atoms with Crippen molar-refractivity contribution in [3.8, 4) is 0 Å². The fourth-order valence-corrected chi connectivity index (χ4v) is 4.92. The van der Waals surface area contributed by atoms with E-state index in [0.29, 0.717) is 12.0 Å². The Balaban J connectivity index is 1.44. The molecule has 0 fully saturated rings. The molecule has 0 aromatic heterocycles. The minimum Gasteiger partial charge on any atom is -0.454 e. The van der Waals surface area contributed by atoms with Crippen LogP contribution >= 0.6 is 0 Å². The molecule has 0 bridgehead atoms. The van der Waals surface area contributed by atoms with Crippen molar-refractivity contribution in [3.63, 3.8) is 0 Å². The molecule has 3 aromatic carbocycles. The molecule has 0 unspecified atom stereocenters. The third-order valence-electron chi connectivity index (χ3n) is 7.35. The van der Waals surface area contributed by atoms with Gasteiger partial charge in [0, 0.05) is 6.42 Å². The molecule has 3 amide bonds. The van der Waals surface area contributed by atoms with Crippen LogP contribution < -0.4 is 16.0 Å². The van der Waals surface area contributed by atoms with Gasteiger partial charge in [0.1, 0.15) is 18.8 Å². The number of hydrogen-bond donors (Lipinski definition) is 4. The number of nitrogens with one attached hydrogen (secondary N) is 3. The highest BCUT2D eigenvalue weighted by atomic mass is 16.6. The van der Waals surface area contributed by atoms with Crippen LogP contribution in [0.5, 0.6) is 0 Å². The second-order valence-corrected chi connectivity index (χ2v) is 10.8. The Morgan fingerprint density at radius 1 is 0.889 bits per heavy atom. The molecule has 10 heteroatoms. The first kappa shape index (κ1) is 32.9. The molecule has 0 spiro atoms. The van der Waals surface area contributed by atoms with Crippen LogP contribution in [0.15, 0.2) is 103 Å². The van der Waals surface area contributed by atoms with Crippen LogP contribution in [0, 0.1) is 5.92 Å². The number of allylic oxidation sites excluding steroid dienone is 1. The summed E-state index contributed by atoms with van der Waals surface area (Å²) in [6, 6.07) is 26.1. The van der Waals surface area contributed by atoms with Crippen molar-refractivity contribution in [2.45, 2.75) is 50.5 Å². The van der Waals surface area contributed by atoms with Gasteiger partial charge >= 0.3 is 12.1 Å². The maximum absolute atomic E-state index is 13.3. The van der Waals surface area contributed by atoms with Gasteiger partial charge in [0.15, 0.2) is 0 Å². The van der Waals surface area contributed by atoms with E-state index in [-0.39, 0.29) is 50.8 Å². The molecule has 0 radical (unpaired) electrons. The number of carbonyl (C=O) groups is 4. The summed E-state index contributed by atoms with van der Waals surface area (Å²) in [5, 5.41) is 18.1. The number of rotatable bonds is 10. The van der Waals surface area contributed by atoms with Crippen molar-refractivity contribution in [3.05, 3.63) is 120 Å². The van der Waals surface area contributed by atoms with E-state index in [0.717, 1.165) is 11.1 Å². The SMILES string of the molecule is O=C(C[C@H]1CC=CC[C@@H](NC(=O)OCc2ccccc2)C(=O)O[C@@H](c2ccccc2)CNC1=O)N[C@@H](CO)Cc1ccccc1. The van der Waals surface area contributed by atoms with Gasteiger partial charge in [-0.2, -0.15) is 0 Å². The molecule has 4 atom stereocenters. The summed E-state index contributed by atoms with van der Waals surface area (Å²) >= 11 is 0. The number of aliphatic hydroxyl groups excluding tert-OH is 1. The number of carbonyl (C=O) groups excluding carboxylic acids is 4. The fourth-order valence-electron chi connectivity index (χ4n) is 4.92. The molecule has 1 aliphatic rings. The van der Waals surface area contributed by atoms with Gasteiger partial charge in [-0.1, -0.05) is 103 Å². The summed E-state index contributed by atoms with van der Waals surface area (Å²) < 4.78 is 11.1. The van der Waals surface area contributed by atoms with E-state index in [1.165, 1.54) is 0 Å². The predicted octanol–water partition coefficient (Wildman–Crippen LogP) is 3.76. The predicted molar refractivity (Wildman–Crippen MR) is 167 cm³/mol. The van der Waals surface area contributed by atoms with Crippen LogP contribution in [0.1, 0.15) is 42.1 Å². The summed E-state index contributed by atoms with van der Waals surface area (Å²) in [4.78, 5) is 52.2. The number of esters is 1. The lowest BCUT2D eigenvalue weighted by molar-refractivity contribution is -0.152. The molecule has 4 N–H and O–H groups in total. The number of benzene rings is 3. The lowest BCUT2D eigenvalue weighted by atomic mass is 9.97. The Bertz CT molecular complexity index is 1420. The Kier molecular flexibility index (Phi) is 12.7. The largest absolute Gasteiger partial charge is 0.454 e. The highest BCUT2D eigenvalue weighted by molar-refractivity contribution is 5.86. The van der Waals surface area contributed by atoms with Gasteiger partial charge in [-0.3, -0.25) is 9.59 Å². The number of cyclic esters (lactones) is 1. The van der Waals surface area contributed by atoms with Crippen LogP contribution in [-0.4, -0.2) is 54.2 Å². The Labute approximate surface area is 262 Å². The van der Waals surface area contributed by atoms with Gasteiger partial charge in [-0.15, -0.1) is 0 Å². The zero-order chi connectivity index (χ0) is 31.9.